The average molecular weight is 262 g/mol. The number of nitrogens with zero attached hydrogens (tertiary/aromatic N) is 2. The fourth-order valence-corrected chi connectivity index (χ4v) is 2.71. The van der Waals surface area contributed by atoms with Gasteiger partial charge in [-0.05, 0) is 45.1 Å². The van der Waals surface area contributed by atoms with Gasteiger partial charge in [-0.2, -0.15) is 0 Å². The van der Waals surface area contributed by atoms with Gasteiger partial charge in [0.05, 0.1) is 0 Å². The lowest BCUT2D eigenvalue weighted by atomic mass is 9.97. The molecule has 0 amide bonds. The lowest BCUT2D eigenvalue weighted by molar-refractivity contribution is 0.380. The van der Waals surface area contributed by atoms with Gasteiger partial charge in [-0.3, -0.25) is 4.79 Å². The summed E-state index contributed by atoms with van der Waals surface area (Å²) in [4.78, 5) is 20.8. The SMILES string of the molecule is Cc1nc(N2CCC(CNC3CC3)CC2)cc(=O)[nH]1. The highest BCUT2D eigenvalue weighted by Crippen LogP contribution is 2.23. The van der Waals surface area contributed by atoms with Gasteiger partial charge in [-0.1, -0.05) is 0 Å². The summed E-state index contributed by atoms with van der Waals surface area (Å²) in [6.45, 7) is 5.00. The first kappa shape index (κ1) is 12.7. The minimum absolute atomic E-state index is 0.0555. The molecule has 0 unspecified atom stereocenters. The van der Waals surface area contributed by atoms with Crippen molar-refractivity contribution in [3.05, 3.63) is 22.2 Å². The minimum atomic E-state index is -0.0555. The van der Waals surface area contributed by atoms with Crippen molar-refractivity contribution in [2.45, 2.75) is 38.6 Å². The molecular weight excluding hydrogens is 240 g/mol. The second-order valence-electron chi connectivity index (χ2n) is 5.80. The molecule has 104 valence electrons. The Morgan fingerprint density at radius 3 is 2.74 bits per heavy atom. The van der Waals surface area contributed by atoms with Crippen LogP contribution in [0.3, 0.4) is 0 Å². The molecule has 19 heavy (non-hydrogen) atoms. The number of aryl methyl sites for hydroxylation is 1. The van der Waals surface area contributed by atoms with Crippen LogP contribution in [0.5, 0.6) is 0 Å². The monoisotopic (exact) mass is 262 g/mol. The van der Waals surface area contributed by atoms with Crippen LogP contribution in [0.4, 0.5) is 5.82 Å². The van der Waals surface area contributed by atoms with Gasteiger partial charge in [0.25, 0.3) is 5.56 Å². The Bertz CT molecular complexity index is 486. The van der Waals surface area contributed by atoms with Crippen LogP contribution in [0.15, 0.2) is 10.9 Å². The van der Waals surface area contributed by atoms with Gasteiger partial charge in [0.1, 0.15) is 11.6 Å². The van der Waals surface area contributed by atoms with Crippen molar-refractivity contribution in [2.75, 3.05) is 24.5 Å². The molecular formula is C14H22N4O. The highest BCUT2D eigenvalue weighted by molar-refractivity contribution is 5.37. The number of aromatic nitrogens is 2. The summed E-state index contributed by atoms with van der Waals surface area (Å²) in [5.74, 6) is 2.30. The Labute approximate surface area is 113 Å². The van der Waals surface area contributed by atoms with Crippen molar-refractivity contribution in [3.63, 3.8) is 0 Å². The zero-order valence-electron chi connectivity index (χ0n) is 11.5. The minimum Gasteiger partial charge on any atom is -0.356 e. The second-order valence-corrected chi connectivity index (χ2v) is 5.80. The van der Waals surface area contributed by atoms with Crippen molar-refractivity contribution in [3.8, 4) is 0 Å². The average Bonchev–Trinajstić information content (AvgIpc) is 3.20. The van der Waals surface area contributed by atoms with Crippen molar-refractivity contribution in [1.29, 1.82) is 0 Å². The summed E-state index contributed by atoms with van der Waals surface area (Å²) in [5.41, 5.74) is -0.0555. The van der Waals surface area contributed by atoms with E-state index in [1.54, 1.807) is 6.07 Å². The van der Waals surface area contributed by atoms with E-state index in [0.29, 0.717) is 5.82 Å². The van der Waals surface area contributed by atoms with E-state index in [1.807, 2.05) is 6.92 Å². The molecule has 2 heterocycles. The molecule has 0 bridgehead atoms. The van der Waals surface area contributed by atoms with Gasteiger partial charge in [0.2, 0.25) is 0 Å². The summed E-state index contributed by atoms with van der Waals surface area (Å²) in [6.07, 6.45) is 5.09. The number of H-pyrrole nitrogens is 1. The fourth-order valence-electron chi connectivity index (χ4n) is 2.71. The Kier molecular flexibility index (Phi) is 3.55. The van der Waals surface area contributed by atoms with Crippen molar-refractivity contribution in [2.24, 2.45) is 5.92 Å². The first-order chi connectivity index (χ1) is 9.20. The maximum atomic E-state index is 11.5. The summed E-state index contributed by atoms with van der Waals surface area (Å²) in [5, 5.41) is 3.61. The molecule has 5 heteroatoms. The molecule has 1 saturated carbocycles. The predicted octanol–water partition coefficient (Wildman–Crippen LogP) is 1.05. The molecule has 3 rings (SSSR count). The van der Waals surface area contributed by atoms with E-state index in [4.69, 9.17) is 0 Å². The predicted molar refractivity (Wildman–Crippen MR) is 75.6 cm³/mol. The first-order valence-electron chi connectivity index (χ1n) is 7.27. The zero-order valence-corrected chi connectivity index (χ0v) is 11.5. The van der Waals surface area contributed by atoms with Gasteiger partial charge in [-0.15, -0.1) is 0 Å². The maximum Gasteiger partial charge on any atom is 0.252 e. The number of anilines is 1. The molecule has 0 radical (unpaired) electrons. The highest BCUT2D eigenvalue weighted by Gasteiger charge is 2.24. The number of hydrogen-bond acceptors (Lipinski definition) is 4. The van der Waals surface area contributed by atoms with E-state index in [2.05, 4.69) is 20.2 Å². The maximum absolute atomic E-state index is 11.5. The third kappa shape index (κ3) is 3.35. The van der Waals surface area contributed by atoms with Crippen LogP contribution < -0.4 is 15.8 Å². The van der Waals surface area contributed by atoms with E-state index in [9.17, 15) is 4.79 Å². The standard InChI is InChI=1S/C14H22N4O/c1-10-16-13(8-14(19)17-10)18-6-4-11(5-7-18)9-15-12-2-3-12/h8,11-12,15H,2-7,9H2,1H3,(H,16,17,19). The Hall–Kier alpha value is -1.36. The third-order valence-electron chi connectivity index (χ3n) is 4.06. The number of rotatable bonds is 4. The van der Waals surface area contributed by atoms with Crippen molar-refractivity contribution in [1.82, 2.24) is 15.3 Å². The second kappa shape index (κ2) is 5.33. The molecule has 2 fully saturated rings. The lowest BCUT2D eigenvalue weighted by Gasteiger charge is -2.32. The van der Waals surface area contributed by atoms with Crippen LogP contribution in [0.1, 0.15) is 31.5 Å². The van der Waals surface area contributed by atoms with Crippen molar-refractivity contribution < 1.29 is 0 Å². The zero-order chi connectivity index (χ0) is 13.2. The molecule has 1 aliphatic carbocycles. The number of hydrogen-bond donors (Lipinski definition) is 2. The van der Waals surface area contributed by atoms with E-state index >= 15 is 0 Å². The molecule has 1 saturated heterocycles. The van der Waals surface area contributed by atoms with Gasteiger partial charge in [-0.25, -0.2) is 4.98 Å². The summed E-state index contributed by atoms with van der Waals surface area (Å²) in [7, 11) is 0. The molecule has 0 atom stereocenters. The summed E-state index contributed by atoms with van der Waals surface area (Å²) in [6, 6.07) is 2.41. The molecule has 2 aliphatic rings. The van der Waals surface area contributed by atoms with E-state index < -0.39 is 0 Å². The molecule has 1 aliphatic heterocycles. The summed E-state index contributed by atoms with van der Waals surface area (Å²) < 4.78 is 0. The number of piperidine rings is 1. The number of nitrogens with one attached hydrogen (secondary N) is 2. The molecule has 1 aromatic rings. The quantitative estimate of drug-likeness (QED) is 0.851. The van der Waals surface area contributed by atoms with Gasteiger partial charge in [0, 0.05) is 25.2 Å². The Balaban J connectivity index is 1.55. The van der Waals surface area contributed by atoms with E-state index in [0.717, 1.165) is 37.4 Å². The largest absolute Gasteiger partial charge is 0.356 e. The van der Waals surface area contributed by atoms with E-state index in [-0.39, 0.29) is 5.56 Å². The Morgan fingerprint density at radius 1 is 1.37 bits per heavy atom. The van der Waals surface area contributed by atoms with Gasteiger partial charge in [0.15, 0.2) is 0 Å². The number of aromatic amines is 1. The van der Waals surface area contributed by atoms with Crippen molar-refractivity contribution >= 4 is 5.82 Å². The molecule has 0 spiro atoms. The van der Waals surface area contributed by atoms with Gasteiger partial charge < -0.3 is 15.2 Å². The van der Waals surface area contributed by atoms with Crippen LogP contribution in [0, 0.1) is 12.8 Å². The van der Waals surface area contributed by atoms with Gasteiger partial charge >= 0.3 is 0 Å². The Morgan fingerprint density at radius 2 is 2.11 bits per heavy atom. The van der Waals surface area contributed by atoms with Crippen LogP contribution in [0.2, 0.25) is 0 Å². The third-order valence-corrected chi connectivity index (χ3v) is 4.06. The molecule has 0 aromatic carbocycles. The lowest BCUT2D eigenvalue weighted by Crippen LogP contribution is -2.38. The topological polar surface area (TPSA) is 61.0 Å². The van der Waals surface area contributed by atoms with Crippen LogP contribution >= 0.6 is 0 Å². The normalized spacial score (nSPS) is 20.8. The summed E-state index contributed by atoms with van der Waals surface area (Å²) >= 11 is 0. The highest BCUT2D eigenvalue weighted by atomic mass is 16.1. The van der Waals surface area contributed by atoms with Crippen LogP contribution in [0.25, 0.3) is 0 Å². The molecule has 5 nitrogen and oxygen atoms in total. The first-order valence-corrected chi connectivity index (χ1v) is 7.27. The fraction of sp³-hybridized carbons (Fsp3) is 0.714. The molecule has 1 aromatic heterocycles. The van der Waals surface area contributed by atoms with Crippen LogP contribution in [-0.4, -0.2) is 35.6 Å². The van der Waals surface area contributed by atoms with Crippen LogP contribution in [-0.2, 0) is 0 Å². The van der Waals surface area contributed by atoms with E-state index in [1.165, 1.54) is 25.7 Å². The molecule has 2 N–H and O–H groups in total. The smallest absolute Gasteiger partial charge is 0.252 e.